The number of halogens is 1. The largest absolute Gasteiger partial charge is 0.464 e. The highest BCUT2D eigenvalue weighted by atomic mass is 35.5. The Balaban J connectivity index is 2.11. The van der Waals surface area contributed by atoms with Crippen LogP contribution in [0.4, 0.5) is 0 Å². The molecule has 0 aliphatic carbocycles. The number of benzene rings is 1. The summed E-state index contributed by atoms with van der Waals surface area (Å²) < 4.78 is 5.24. The van der Waals surface area contributed by atoms with Gasteiger partial charge in [0.25, 0.3) is 5.91 Å². The molecule has 1 aromatic carbocycles. The maximum absolute atomic E-state index is 12.1. The van der Waals surface area contributed by atoms with Crippen LogP contribution in [0, 0.1) is 0 Å². The molecule has 1 rings (SSSR count). The number of hydrogen-bond donors (Lipinski definition) is 1. The van der Waals surface area contributed by atoms with E-state index in [1.165, 1.54) is 44.9 Å². The predicted molar refractivity (Wildman–Crippen MR) is 107 cm³/mol. The lowest BCUT2D eigenvalue weighted by atomic mass is 10.1. The molecule has 1 atom stereocenters. The highest BCUT2D eigenvalue weighted by molar-refractivity contribution is 6.33. The van der Waals surface area contributed by atoms with Crippen LogP contribution >= 0.6 is 11.6 Å². The first-order chi connectivity index (χ1) is 12.6. The Kier molecular flexibility index (Phi) is 11.8. The number of amides is 1. The van der Waals surface area contributed by atoms with Crippen molar-refractivity contribution in [3.05, 3.63) is 34.9 Å². The molecule has 0 bridgehead atoms. The van der Waals surface area contributed by atoms with Gasteiger partial charge in [-0.1, -0.05) is 82.0 Å². The number of carbonyl (C=O) groups is 2. The Morgan fingerprint density at radius 3 is 2.19 bits per heavy atom. The van der Waals surface area contributed by atoms with Crippen molar-refractivity contribution in [3.63, 3.8) is 0 Å². The van der Waals surface area contributed by atoms with Crippen molar-refractivity contribution in [2.75, 3.05) is 6.61 Å². The highest BCUT2D eigenvalue weighted by Gasteiger charge is 2.19. The fourth-order valence-corrected chi connectivity index (χ4v) is 2.91. The number of nitrogens with one attached hydrogen (secondary N) is 1. The van der Waals surface area contributed by atoms with E-state index in [4.69, 9.17) is 16.3 Å². The third-order valence-corrected chi connectivity index (χ3v) is 4.64. The SMILES string of the molecule is CCCCCCCCCCCOC(=O)C(C)NC(=O)c1ccccc1Cl. The molecule has 0 saturated heterocycles. The summed E-state index contributed by atoms with van der Waals surface area (Å²) in [5, 5.41) is 2.99. The molecule has 0 heterocycles. The summed E-state index contributed by atoms with van der Waals surface area (Å²) in [6.07, 6.45) is 10.9. The third kappa shape index (κ3) is 9.23. The topological polar surface area (TPSA) is 55.4 Å². The van der Waals surface area contributed by atoms with Crippen LogP contribution in [0.25, 0.3) is 0 Å². The van der Waals surface area contributed by atoms with Crippen LogP contribution in [0.3, 0.4) is 0 Å². The minimum Gasteiger partial charge on any atom is -0.464 e. The fourth-order valence-electron chi connectivity index (χ4n) is 2.69. The van der Waals surface area contributed by atoms with Gasteiger partial charge in [-0.2, -0.15) is 0 Å². The molecule has 0 aliphatic rings. The molecule has 5 heteroatoms. The van der Waals surface area contributed by atoms with E-state index in [2.05, 4.69) is 12.2 Å². The number of carbonyl (C=O) groups excluding carboxylic acids is 2. The molecule has 0 aliphatic heterocycles. The van der Waals surface area contributed by atoms with Crippen molar-refractivity contribution in [1.29, 1.82) is 0 Å². The zero-order valence-corrected chi connectivity index (χ0v) is 16.8. The second-order valence-corrected chi connectivity index (χ2v) is 7.08. The Bertz CT molecular complexity index is 548. The Morgan fingerprint density at radius 2 is 1.58 bits per heavy atom. The van der Waals surface area contributed by atoms with Gasteiger partial charge in [0.1, 0.15) is 6.04 Å². The molecule has 0 saturated carbocycles. The monoisotopic (exact) mass is 381 g/mol. The van der Waals surface area contributed by atoms with Gasteiger partial charge in [0.15, 0.2) is 0 Å². The molecule has 1 amide bonds. The van der Waals surface area contributed by atoms with Gasteiger partial charge >= 0.3 is 5.97 Å². The second-order valence-electron chi connectivity index (χ2n) is 6.67. The van der Waals surface area contributed by atoms with Crippen LogP contribution in [-0.4, -0.2) is 24.5 Å². The normalized spacial score (nSPS) is 11.8. The fraction of sp³-hybridized carbons (Fsp3) is 0.619. The Morgan fingerprint density at radius 1 is 1.00 bits per heavy atom. The van der Waals surface area contributed by atoms with E-state index in [-0.39, 0.29) is 5.91 Å². The van der Waals surface area contributed by atoms with Gasteiger partial charge in [-0.05, 0) is 25.5 Å². The number of ether oxygens (including phenoxy) is 1. The number of hydrogen-bond acceptors (Lipinski definition) is 3. The van der Waals surface area contributed by atoms with Crippen LogP contribution in [-0.2, 0) is 9.53 Å². The van der Waals surface area contributed by atoms with E-state index < -0.39 is 12.0 Å². The summed E-state index contributed by atoms with van der Waals surface area (Å²) in [4.78, 5) is 24.1. The van der Waals surface area contributed by atoms with Crippen molar-refractivity contribution in [3.8, 4) is 0 Å². The number of esters is 1. The van der Waals surface area contributed by atoms with Crippen LogP contribution in [0.1, 0.15) is 82.0 Å². The van der Waals surface area contributed by atoms with E-state index >= 15 is 0 Å². The molecular formula is C21H32ClNO3. The zero-order valence-electron chi connectivity index (χ0n) is 16.1. The van der Waals surface area contributed by atoms with Gasteiger partial charge < -0.3 is 10.1 Å². The summed E-state index contributed by atoms with van der Waals surface area (Å²) in [6, 6.07) is 6.05. The van der Waals surface area contributed by atoms with Gasteiger partial charge in [0.2, 0.25) is 0 Å². The average Bonchev–Trinajstić information content (AvgIpc) is 2.63. The molecule has 0 fully saturated rings. The average molecular weight is 382 g/mol. The summed E-state index contributed by atoms with van der Waals surface area (Å²) in [5.41, 5.74) is 0.354. The molecule has 0 aromatic heterocycles. The van der Waals surface area contributed by atoms with Gasteiger partial charge in [-0.15, -0.1) is 0 Å². The second kappa shape index (κ2) is 13.6. The van der Waals surface area contributed by atoms with E-state index in [1.807, 2.05) is 0 Å². The van der Waals surface area contributed by atoms with E-state index in [1.54, 1.807) is 31.2 Å². The molecular weight excluding hydrogens is 350 g/mol. The van der Waals surface area contributed by atoms with Gasteiger partial charge in [0.05, 0.1) is 17.2 Å². The molecule has 1 N–H and O–H groups in total. The number of unbranched alkanes of at least 4 members (excludes halogenated alkanes) is 8. The maximum atomic E-state index is 12.1. The smallest absolute Gasteiger partial charge is 0.328 e. The lowest BCUT2D eigenvalue weighted by Gasteiger charge is -2.14. The van der Waals surface area contributed by atoms with Gasteiger partial charge in [0, 0.05) is 0 Å². The minimum atomic E-state index is -0.697. The Labute approximate surface area is 162 Å². The molecule has 26 heavy (non-hydrogen) atoms. The van der Waals surface area contributed by atoms with Crippen LogP contribution < -0.4 is 5.32 Å². The third-order valence-electron chi connectivity index (χ3n) is 4.31. The number of rotatable bonds is 13. The molecule has 0 radical (unpaired) electrons. The highest BCUT2D eigenvalue weighted by Crippen LogP contribution is 2.15. The maximum Gasteiger partial charge on any atom is 0.328 e. The summed E-state index contributed by atoms with van der Waals surface area (Å²) in [5.74, 6) is -0.784. The van der Waals surface area contributed by atoms with E-state index in [0.29, 0.717) is 17.2 Å². The van der Waals surface area contributed by atoms with Crippen molar-refractivity contribution in [2.45, 2.75) is 77.7 Å². The van der Waals surface area contributed by atoms with Crippen molar-refractivity contribution in [2.24, 2.45) is 0 Å². The summed E-state index contributed by atoms with van der Waals surface area (Å²) in [7, 11) is 0. The van der Waals surface area contributed by atoms with Gasteiger partial charge in [-0.25, -0.2) is 4.79 Å². The molecule has 4 nitrogen and oxygen atoms in total. The lowest BCUT2D eigenvalue weighted by molar-refractivity contribution is -0.145. The van der Waals surface area contributed by atoms with Crippen molar-refractivity contribution >= 4 is 23.5 Å². The van der Waals surface area contributed by atoms with E-state index in [0.717, 1.165) is 12.8 Å². The van der Waals surface area contributed by atoms with Crippen LogP contribution in [0.15, 0.2) is 24.3 Å². The molecule has 0 spiro atoms. The first-order valence-corrected chi connectivity index (χ1v) is 10.2. The first-order valence-electron chi connectivity index (χ1n) is 9.78. The zero-order chi connectivity index (χ0) is 19.2. The summed E-state index contributed by atoms with van der Waals surface area (Å²) >= 11 is 5.98. The quantitative estimate of drug-likeness (QED) is 0.361. The van der Waals surface area contributed by atoms with Crippen molar-refractivity contribution in [1.82, 2.24) is 5.32 Å². The standard InChI is InChI=1S/C21H32ClNO3/c1-3-4-5-6-7-8-9-10-13-16-26-21(25)17(2)23-20(24)18-14-11-12-15-19(18)22/h11-12,14-15,17H,3-10,13,16H2,1-2H3,(H,23,24). The van der Waals surface area contributed by atoms with E-state index in [9.17, 15) is 9.59 Å². The molecule has 146 valence electrons. The summed E-state index contributed by atoms with van der Waals surface area (Å²) in [6.45, 7) is 4.25. The van der Waals surface area contributed by atoms with Gasteiger partial charge in [-0.3, -0.25) is 4.79 Å². The van der Waals surface area contributed by atoms with Crippen LogP contribution in [0.2, 0.25) is 5.02 Å². The van der Waals surface area contributed by atoms with Crippen LogP contribution in [0.5, 0.6) is 0 Å². The first kappa shape index (κ1) is 22.5. The lowest BCUT2D eigenvalue weighted by Crippen LogP contribution is -2.39. The predicted octanol–water partition coefficient (Wildman–Crippen LogP) is 5.53. The Hall–Kier alpha value is -1.55. The minimum absolute atomic E-state index is 0.354. The molecule has 1 unspecified atom stereocenters. The molecule has 1 aromatic rings. The van der Waals surface area contributed by atoms with Crippen molar-refractivity contribution < 1.29 is 14.3 Å².